The van der Waals surface area contributed by atoms with E-state index >= 15 is 0 Å². The Bertz CT molecular complexity index is 301. The van der Waals surface area contributed by atoms with Crippen LogP contribution in [0.2, 0.25) is 0 Å². The molecule has 0 amide bonds. The van der Waals surface area contributed by atoms with E-state index in [-0.39, 0.29) is 12.6 Å². The third-order valence-electron chi connectivity index (χ3n) is 2.47. The predicted molar refractivity (Wildman–Crippen MR) is 46.5 cm³/mol. The molecule has 0 aromatic heterocycles. The average molecular weight is 180 g/mol. The van der Waals surface area contributed by atoms with E-state index in [1.54, 1.807) is 0 Å². The Hall–Kier alpha value is -1.25. The fraction of sp³-hybridized carbons (Fsp3) is 0.500. The summed E-state index contributed by atoms with van der Waals surface area (Å²) in [5.41, 5.74) is 0. The van der Waals surface area contributed by atoms with Gasteiger partial charge in [-0.05, 0) is 24.0 Å². The summed E-state index contributed by atoms with van der Waals surface area (Å²) in [6.45, 7) is 4.24. The first-order valence-electron chi connectivity index (χ1n) is 4.44. The van der Waals surface area contributed by atoms with Crippen molar-refractivity contribution in [2.45, 2.75) is 13.8 Å². The van der Waals surface area contributed by atoms with Crippen LogP contribution in [0.1, 0.15) is 13.8 Å². The van der Waals surface area contributed by atoms with Gasteiger partial charge in [0.15, 0.2) is 18.1 Å². The van der Waals surface area contributed by atoms with Gasteiger partial charge in [0.25, 0.3) is 0 Å². The average Bonchev–Trinajstić information content (AvgIpc) is 2.08. The van der Waals surface area contributed by atoms with Crippen LogP contribution in [0.4, 0.5) is 0 Å². The Balaban J connectivity index is 2.26. The highest BCUT2D eigenvalue weighted by Gasteiger charge is 2.27. The van der Waals surface area contributed by atoms with E-state index in [4.69, 9.17) is 9.47 Å². The summed E-state index contributed by atoms with van der Waals surface area (Å²) in [6, 6.07) is 0. The van der Waals surface area contributed by atoms with E-state index in [0.717, 1.165) is 0 Å². The molecule has 0 N–H and O–H groups in total. The van der Waals surface area contributed by atoms with Gasteiger partial charge in [0, 0.05) is 0 Å². The maximum atomic E-state index is 10.9. The Morgan fingerprint density at radius 3 is 2.54 bits per heavy atom. The van der Waals surface area contributed by atoms with E-state index in [2.05, 4.69) is 13.8 Å². The first-order valence-corrected chi connectivity index (χ1v) is 4.44. The molecule has 1 heterocycles. The number of esters is 1. The van der Waals surface area contributed by atoms with Crippen molar-refractivity contribution in [3.8, 4) is 0 Å². The molecule has 0 bridgehead atoms. The van der Waals surface area contributed by atoms with Crippen molar-refractivity contribution in [1.82, 2.24) is 0 Å². The largest absolute Gasteiger partial charge is 0.478 e. The Morgan fingerprint density at radius 1 is 1.23 bits per heavy atom. The van der Waals surface area contributed by atoms with E-state index in [1.807, 2.05) is 12.2 Å². The van der Waals surface area contributed by atoms with Crippen LogP contribution in [-0.2, 0) is 14.3 Å². The molecule has 2 atom stereocenters. The zero-order chi connectivity index (χ0) is 9.42. The van der Waals surface area contributed by atoms with Crippen molar-refractivity contribution < 1.29 is 14.3 Å². The van der Waals surface area contributed by atoms with Gasteiger partial charge in [0.1, 0.15) is 0 Å². The lowest BCUT2D eigenvalue weighted by Crippen LogP contribution is -2.24. The molecule has 1 fully saturated rings. The lowest BCUT2D eigenvalue weighted by Gasteiger charge is -2.26. The van der Waals surface area contributed by atoms with Crippen LogP contribution in [0.25, 0.3) is 0 Å². The molecule has 3 nitrogen and oxygen atoms in total. The molecule has 2 unspecified atom stereocenters. The van der Waals surface area contributed by atoms with Crippen molar-refractivity contribution in [2.75, 3.05) is 6.61 Å². The first kappa shape index (κ1) is 8.35. The second kappa shape index (κ2) is 2.91. The molecule has 0 spiro atoms. The second-order valence-corrected chi connectivity index (χ2v) is 3.54. The summed E-state index contributed by atoms with van der Waals surface area (Å²) >= 11 is 0. The van der Waals surface area contributed by atoms with Crippen LogP contribution in [-0.4, -0.2) is 12.6 Å². The molecule has 2 aliphatic rings. The minimum atomic E-state index is -0.315. The van der Waals surface area contributed by atoms with Gasteiger partial charge in [-0.15, -0.1) is 0 Å². The first-order chi connectivity index (χ1) is 6.16. The van der Waals surface area contributed by atoms with Gasteiger partial charge in [-0.25, -0.2) is 4.79 Å². The number of rotatable bonds is 0. The molecule has 3 heteroatoms. The fourth-order valence-corrected chi connectivity index (χ4v) is 1.44. The van der Waals surface area contributed by atoms with Crippen LogP contribution in [0.3, 0.4) is 0 Å². The number of hydrogen-bond donors (Lipinski definition) is 0. The minimum Gasteiger partial charge on any atom is -0.478 e. The zero-order valence-corrected chi connectivity index (χ0v) is 7.74. The van der Waals surface area contributed by atoms with Gasteiger partial charge in [0.2, 0.25) is 0 Å². The maximum Gasteiger partial charge on any atom is 0.349 e. The Morgan fingerprint density at radius 2 is 1.85 bits per heavy atom. The number of ether oxygens (including phenoxy) is 2. The van der Waals surface area contributed by atoms with Crippen LogP contribution in [0.5, 0.6) is 0 Å². The minimum absolute atomic E-state index is 0.0320. The lowest BCUT2D eigenvalue weighted by atomic mass is 9.90. The van der Waals surface area contributed by atoms with Crippen LogP contribution < -0.4 is 0 Å². The molecule has 0 aromatic carbocycles. The molecule has 1 saturated heterocycles. The van der Waals surface area contributed by atoms with Gasteiger partial charge in [-0.3, -0.25) is 0 Å². The van der Waals surface area contributed by atoms with Crippen LogP contribution in [0, 0.1) is 11.8 Å². The molecule has 1 aliphatic heterocycles. The standard InChI is InChI=1S/C10H12O3/c1-6-3-8-9(4-7(6)2)13-10(11)5-12-8/h3-4,6-7H,5H2,1-2H3. The third-order valence-corrected chi connectivity index (χ3v) is 2.47. The highest BCUT2D eigenvalue weighted by atomic mass is 16.6. The van der Waals surface area contributed by atoms with E-state index < -0.39 is 0 Å². The maximum absolute atomic E-state index is 10.9. The normalized spacial score (nSPS) is 32.3. The number of fused-ring (bicyclic) bond motifs is 1. The summed E-state index contributed by atoms with van der Waals surface area (Å²) in [7, 11) is 0. The monoisotopic (exact) mass is 180 g/mol. The van der Waals surface area contributed by atoms with Gasteiger partial charge in [-0.2, -0.15) is 0 Å². The fourth-order valence-electron chi connectivity index (χ4n) is 1.44. The van der Waals surface area contributed by atoms with E-state index in [1.165, 1.54) is 0 Å². The number of carbonyl (C=O) groups is 1. The van der Waals surface area contributed by atoms with Crippen molar-refractivity contribution >= 4 is 5.97 Å². The summed E-state index contributed by atoms with van der Waals surface area (Å²) in [5.74, 6) is 1.82. The van der Waals surface area contributed by atoms with Gasteiger partial charge in [0.05, 0.1) is 0 Å². The summed E-state index contributed by atoms with van der Waals surface area (Å²) in [5, 5.41) is 0. The van der Waals surface area contributed by atoms with E-state index in [9.17, 15) is 4.79 Å². The molecule has 70 valence electrons. The van der Waals surface area contributed by atoms with Gasteiger partial charge < -0.3 is 9.47 Å². The number of allylic oxidation sites excluding steroid dienone is 2. The number of hydrogen-bond acceptors (Lipinski definition) is 3. The van der Waals surface area contributed by atoms with Crippen molar-refractivity contribution in [3.63, 3.8) is 0 Å². The van der Waals surface area contributed by atoms with Crippen LogP contribution >= 0.6 is 0 Å². The summed E-state index contributed by atoms with van der Waals surface area (Å²) in [4.78, 5) is 10.9. The molecule has 1 aliphatic carbocycles. The molecule has 2 rings (SSSR count). The van der Waals surface area contributed by atoms with Gasteiger partial charge >= 0.3 is 5.97 Å². The van der Waals surface area contributed by atoms with Crippen LogP contribution in [0.15, 0.2) is 23.7 Å². The third kappa shape index (κ3) is 1.46. The van der Waals surface area contributed by atoms with Gasteiger partial charge in [-0.1, -0.05) is 13.8 Å². The highest BCUT2D eigenvalue weighted by Crippen LogP contribution is 2.30. The quantitative estimate of drug-likeness (QED) is 0.531. The summed E-state index contributed by atoms with van der Waals surface area (Å²) < 4.78 is 10.3. The highest BCUT2D eigenvalue weighted by molar-refractivity contribution is 5.74. The molecule has 0 aromatic rings. The molecular formula is C10H12O3. The number of carbonyl (C=O) groups excluding carboxylic acids is 1. The topological polar surface area (TPSA) is 35.5 Å². The Kier molecular flexibility index (Phi) is 1.87. The zero-order valence-electron chi connectivity index (χ0n) is 7.74. The molecule has 0 radical (unpaired) electrons. The summed E-state index contributed by atoms with van der Waals surface area (Å²) in [6.07, 6.45) is 3.95. The van der Waals surface area contributed by atoms with Crippen molar-refractivity contribution in [1.29, 1.82) is 0 Å². The lowest BCUT2D eigenvalue weighted by molar-refractivity contribution is -0.148. The van der Waals surface area contributed by atoms with E-state index in [0.29, 0.717) is 23.4 Å². The Labute approximate surface area is 77.0 Å². The second-order valence-electron chi connectivity index (χ2n) is 3.54. The SMILES string of the molecule is CC1C=C2OCC(=O)OC2=CC1C. The predicted octanol–water partition coefficient (Wildman–Crippen LogP) is 1.61. The van der Waals surface area contributed by atoms with Crippen molar-refractivity contribution in [2.24, 2.45) is 11.8 Å². The smallest absolute Gasteiger partial charge is 0.349 e. The molecule has 13 heavy (non-hydrogen) atoms. The molecular weight excluding hydrogens is 168 g/mol. The molecule has 0 saturated carbocycles. The van der Waals surface area contributed by atoms with Crippen molar-refractivity contribution in [3.05, 3.63) is 23.7 Å².